The molecule has 3 amide bonds. The lowest BCUT2D eigenvalue weighted by Gasteiger charge is -2.47. The van der Waals surface area contributed by atoms with Crippen LogP contribution in [-0.2, 0) is 14.4 Å². The van der Waals surface area contributed by atoms with Gasteiger partial charge in [-0.25, -0.2) is 0 Å². The monoisotopic (exact) mass is 745 g/mol. The van der Waals surface area contributed by atoms with Crippen LogP contribution in [0, 0.1) is 23.2 Å². The number of benzene rings is 1. The number of aliphatic hydroxyl groups excluding tert-OH is 1. The molecular formula is C38H56BrN3O5S. The first-order valence-corrected chi connectivity index (χ1v) is 19.1. The molecule has 3 heterocycles. The van der Waals surface area contributed by atoms with Crippen molar-refractivity contribution in [2.75, 3.05) is 31.2 Å². The van der Waals surface area contributed by atoms with Crippen LogP contribution in [0.15, 0.2) is 49.6 Å². The molecule has 3 saturated heterocycles. The number of halogens is 1. The molecule has 1 aromatic rings. The summed E-state index contributed by atoms with van der Waals surface area (Å²) in [6.45, 7) is 25.4. The number of ether oxygens (including phenoxy) is 1. The number of carbonyl (C=O) groups excluding carboxylic acids is 3. The molecule has 3 fully saturated rings. The summed E-state index contributed by atoms with van der Waals surface area (Å²) in [4.78, 5) is 50.3. The Kier molecular flexibility index (Phi) is 11.9. The predicted molar refractivity (Wildman–Crippen MR) is 200 cm³/mol. The zero-order valence-electron chi connectivity index (χ0n) is 30.1. The summed E-state index contributed by atoms with van der Waals surface area (Å²) in [7, 11) is 0. The highest BCUT2D eigenvalue weighted by molar-refractivity contribution is 9.09. The van der Waals surface area contributed by atoms with Crippen molar-refractivity contribution in [2.24, 2.45) is 23.2 Å². The van der Waals surface area contributed by atoms with E-state index in [1.165, 1.54) is 0 Å². The van der Waals surface area contributed by atoms with Crippen molar-refractivity contribution in [2.45, 2.75) is 107 Å². The SMILES string of the molecule is C=CCN(C(=O)[C@H]1[C@@H]2SC3(CC2Br)C(C(=O)N(CC=C)C(C)(C)CC(C)(C)C)N([C@@H](CO)[C@@H](C)CC)C(=O)[C@H]13)c1ccc(OCC)cc1. The summed E-state index contributed by atoms with van der Waals surface area (Å²) < 4.78 is 4.79. The molecule has 3 aliphatic heterocycles. The number of thioether (sulfide) groups is 1. The molecule has 0 saturated carbocycles. The highest BCUT2D eigenvalue weighted by atomic mass is 79.9. The third-order valence-electron chi connectivity index (χ3n) is 10.4. The number of anilines is 1. The number of aliphatic hydroxyl groups is 1. The molecule has 0 aliphatic carbocycles. The van der Waals surface area contributed by atoms with Crippen LogP contribution >= 0.6 is 27.7 Å². The Hall–Kier alpha value is -2.30. The average molecular weight is 747 g/mol. The Balaban J connectivity index is 1.86. The van der Waals surface area contributed by atoms with E-state index in [9.17, 15) is 9.90 Å². The van der Waals surface area contributed by atoms with Crippen molar-refractivity contribution >= 4 is 51.1 Å². The second-order valence-electron chi connectivity index (χ2n) is 15.5. The molecule has 2 bridgehead atoms. The van der Waals surface area contributed by atoms with E-state index >= 15 is 9.59 Å². The van der Waals surface area contributed by atoms with Crippen LogP contribution in [0.4, 0.5) is 5.69 Å². The van der Waals surface area contributed by atoms with Crippen molar-refractivity contribution in [1.29, 1.82) is 0 Å². The Labute approximate surface area is 300 Å². The van der Waals surface area contributed by atoms with Crippen molar-refractivity contribution in [3.05, 3.63) is 49.6 Å². The quantitative estimate of drug-likeness (QED) is 0.159. The van der Waals surface area contributed by atoms with E-state index in [2.05, 4.69) is 63.7 Å². The molecule has 0 aromatic heterocycles. The number of rotatable bonds is 15. The molecule has 48 heavy (non-hydrogen) atoms. The van der Waals surface area contributed by atoms with Gasteiger partial charge in [-0.2, -0.15) is 0 Å². The maximum absolute atomic E-state index is 15.3. The highest BCUT2D eigenvalue weighted by Gasteiger charge is 2.77. The van der Waals surface area contributed by atoms with Gasteiger partial charge in [-0.1, -0.05) is 69.1 Å². The smallest absolute Gasteiger partial charge is 0.247 e. The predicted octanol–water partition coefficient (Wildman–Crippen LogP) is 6.71. The molecule has 8 atom stereocenters. The molecule has 1 aromatic carbocycles. The number of carbonyl (C=O) groups is 3. The first kappa shape index (κ1) is 38.5. The molecule has 1 spiro atoms. The summed E-state index contributed by atoms with van der Waals surface area (Å²) >= 11 is 5.54. The molecule has 4 rings (SSSR count). The minimum atomic E-state index is -0.843. The van der Waals surface area contributed by atoms with Crippen molar-refractivity contribution in [3.8, 4) is 5.75 Å². The lowest BCUT2D eigenvalue weighted by atomic mass is 9.70. The van der Waals surface area contributed by atoms with Gasteiger partial charge in [0.15, 0.2) is 0 Å². The minimum absolute atomic E-state index is 0.0582. The molecule has 3 aliphatic rings. The van der Waals surface area contributed by atoms with Crippen molar-refractivity contribution in [3.63, 3.8) is 0 Å². The maximum Gasteiger partial charge on any atom is 0.247 e. The molecular weight excluding hydrogens is 690 g/mol. The highest BCUT2D eigenvalue weighted by Crippen LogP contribution is 2.68. The Morgan fingerprint density at radius 1 is 1.12 bits per heavy atom. The van der Waals surface area contributed by atoms with Gasteiger partial charge in [0.05, 0.1) is 35.8 Å². The fourth-order valence-corrected chi connectivity index (χ4v) is 12.2. The topological polar surface area (TPSA) is 90.4 Å². The van der Waals surface area contributed by atoms with Gasteiger partial charge in [-0.3, -0.25) is 14.4 Å². The van der Waals surface area contributed by atoms with Crippen LogP contribution < -0.4 is 9.64 Å². The summed E-state index contributed by atoms with van der Waals surface area (Å²) in [6, 6.07) is 6.00. The molecule has 10 heteroatoms. The van der Waals surface area contributed by atoms with Gasteiger partial charge < -0.3 is 24.5 Å². The number of fused-ring (bicyclic) bond motifs is 1. The van der Waals surface area contributed by atoms with Gasteiger partial charge in [0.2, 0.25) is 17.7 Å². The van der Waals surface area contributed by atoms with Gasteiger partial charge in [0, 0.05) is 34.4 Å². The lowest BCUT2D eigenvalue weighted by molar-refractivity contribution is -0.150. The van der Waals surface area contributed by atoms with E-state index in [-0.39, 0.29) is 52.3 Å². The van der Waals surface area contributed by atoms with Crippen molar-refractivity contribution in [1.82, 2.24) is 9.80 Å². The van der Waals surface area contributed by atoms with Crippen LogP contribution in [0.3, 0.4) is 0 Å². The molecule has 266 valence electrons. The van der Waals surface area contributed by atoms with Crippen LogP contribution in [0.1, 0.15) is 74.7 Å². The molecule has 0 radical (unpaired) electrons. The van der Waals surface area contributed by atoms with E-state index < -0.39 is 34.2 Å². The van der Waals surface area contributed by atoms with E-state index in [4.69, 9.17) is 4.74 Å². The fraction of sp³-hybridized carbons (Fsp3) is 0.658. The Bertz CT molecular complexity index is 1360. The number of hydrogen-bond donors (Lipinski definition) is 1. The fourth-order valence-electron chi connectivity index (χ4n) is 8.63. The second-order valence-corrected chi connectivity index (χ2v) is 18.2. The zero-order valence-corrected chi connectivity index (χ0v) is 32.5. The summed E-state index contributed by atoms with van der Waals surface area (Å²) in [5.41, 5.74) is 0.0883. The normalized spacial score (nSPS) is 27.8. The summed E-state index contributed by atoms with van der Waals surface area (Å²) in [5, 5.41) is 10.6. The van der Waals surface area contributed by atoms with Crippen LogP contribution in [0.5, 0.6) is 5.75 Å². The molecule has 1 N–H and O–H groups in total. The van der Waals surface area contributed by atoms with E-state index in [1.54, 1.807) is 33.7 Å². The number of amides is 3. The van der Waals surface area contributed by atoms with Crippen LogP contribution in [0.25, 0.3) is 0 Å². The van der Waals surface area contributed by atoms with Crippen molar-refractivity contribution < 1.29 is 24.2 Å². The third kappa shape index (κ3) is 7.00. The van der Waals surface area contributed by atoms with Gasteiger partial charge in [0.1, 0.15) is 11.8 Å². The largest absolute Gasteiger partial charge is 0.494 e. The van der Waals surface area contributed by atoms with Gasteiger partial charge in [-0.05, 0) is 69.2 Å². The maximum atomic E-state index is 15.3. The average Bonchev–Trinajstić information content (AvgIpc) is 3.61. The zero-order chi connectivity index (χ0) is 35.8. The molecule has 3 unspecified atom stereocenters. The number of nitrogens with zero attached hydrogens (tertiary/aromatic N) is 3. The van der Waals surface area contributed by atoms with Gasteiger partial charge >= 0.3 is 0 Å². The van der Waals surface area contributed by atoms with Crippen LogP contribution in [0.2, 0.25) is 0 Å². The summed E-state index contributed by atoms with van der Waals surface area (Å²) in [5.74, 6) is -1.24. The minimum Gasteiger partial charge on any atom is -0.494 e. The second kappa shape index (κ2) is 14.9. The lowest BCUT2D eigenvalue weighted by Crippen LogP contribution is -2.62. The Morgan fingerprint density at radius 3 is 2.27 bits per heavy atom. The van der Waals surface area contributed by atoms with Crippen LogP contribution in [-0.4, -0.2) is 91.4 Å². The van der Waals surface area contributed by atoms with E-state index in [0.29, 0.717) is 31.0 Å². The Morgan fingerprint density at radius 2 is 1.75 bits per heavy atom. The summed E-state index contributed by atoms with van der Waals surface area (Å²) in [6.07, 6.45) is 5.48. The standard InChI is InChI=1S/C38H56BrN3O5S/c1-11-19-40(25-15-17-26(18-16-25)47-14-4)33(44)29-30-34(45)42(28(22-43)24(5)13-3)32(38(30)21-27(39)31(29)48-38)35(46)41(20-12-2)37(9,10)23-36(6,7)8/h11-12,15-18,24,27-32,43H,1-2,13-14,19-23H2,3-10H3/t24-,27?,28-,29+,30-,31+,32?,38?/m0/s1. The van der Waals surface area contributed by atoms with Gasteiger partial charge in [-0.15, -0.1) is 24.9 Å². The number of alkyl halides is 1. The van der Waals surface area contributed by atoms with E-state index in [0.717, 1.165) is 12.8 Å². The third-order valence-corrected chi connectivity index (χ3v) is 13.6. The first-order valence-electron chi connectivity index (χ1n) is 17.4. The van der Waals surface area contributed by atoms with E-state index in [1.807, 2.05) is 49.9 Å². The molecule has 8 nitrogen and oxygen atoms in total. The number of hydrogen-bond acceptors (Lipinski definition) is 6. The first-order chi connectivity index (χ1) is 22.5. The van der Waals surface area contributed by atoms with Gasteiger partial charge in [0.25, 0.3) is 0 Å². The number of likely N-dealkylation sites (tertiary alicyclic amines) is 1.